The van der Waals surface area contributed by atoms with Crippen molar-refractivity contribution in [3.05, 3.63) is 29.3 Å². The number of hydrogen-bond donors (Lipinski definition) is 1. The van der Waals surface area contributed by atoms with E-state index in [2.05, 4.69) is 5.32 Å². The molecule has 3 rings (SSSR count). The third-order valence-corrected chi connectivity index (χ3v) is 5.68. The Balaban J connectivity index is 1.43. The maximum Gasteiger partial charge on any atom is 0.223 e. The predicted octanol–water partition coefficient (Wildman–Crippen LogP) is 1.64. The molecule has 0 spiro atoms. The number of ketones is 1. The Morgan fingerprint density at radius 3 is 3.04 bits per heavy atom. The van der Waals surface area contributed by atoms with E-state index in [1.165, 1.54) is 18.7 Å². The first-order valence-corrected chi connectivity index (χ1v) is 10.7. The first-order valence-electron chi connectivity index (χ1n) is 9.54. The number of benzene rings is 1. The fourth-order valence-electron chi connectivity index (χ4n) is 3.37. The smallest absolute Gasteiger partial charge is 0.223 e. The van der Waals surface area contributed by atoms with Crippen LogP contribution in [-0.2, 0) is 20.7 Å². The van der Waals surface area contributed by atoms with Gasteiger partial charge in [-0.15, -0.1) is 11.8 Å². The van der Waals surface area contributed by atoms with Gasteiger partial charge in [-0.1, -0.05) is 12.1 Å². The molecule has 28 heavy (non-hydrogen) atoms. The fraction of sp³-hybridized carbons (Fsp3) is 0.550. The molecule has 152 valence electrons. The zero-order valence-electron chi connectivity index (χ0n) is 16.1. The van der Waals surface area contributed by atoms with Crippen molar-refractivity contribution in [2.24, 2.45) is 0 Å². The monoisotopic (exact) mass is 406 g/mol. The molecule has 1 atom stereocenters. The minimum atomic E-state index is -0.183. The quantitative estimate of drug-likeness (QED) is 0.522. The zero-order chi connectivity index (χ0) is 19.9. The summed E-state index contributed by atoms with van der Waals surface area (Å²) in [6, 6.07) is 5.57. The van der Waals surface area contributed by atoms with Gasteiger partial charge in [-0.05, 0) is 12.5 Å². The third kappa shape index (κ3) is 5.48. The Morgan fingerprint density at radius 2 is 2.21 bits per heavy atom. The Kier molecular flexibility index (Phi) is 7.33. The van der Waals surface area contributed by atoms with Gasteiger partial charge in [0.2, 0.25) is 11.8 Å². The average Bonchev–Trinajstić information content (AvgIpc) is 3.07. The Labute approximate surface area is 169 Å². The van der Waals surface area contributed by atoms with Gasteiger partial charge < -0.3 is 19.7 Å². The van der Waals surface area contributed by atoms with E-state index in [-0.39, 0.29) is 23.7 Å². The summed E-state index contributed by atoms with van der Waals surface area (Å²) in [6.45, 7) is 3.41. The van der Waals surface area contributed by atoms with Gasteiger partial charge in [0.1, 0.15) is 18.5 Å². The van der Waals surface area contributed by atoms with Crippen molar-refractivity contribution in [3.8, 4) is 5.75 Å². The molecule has 2 aliphatic rings. The summed E-state index contributed by atoms with van der Waals surface area (Å²) in [7, 11) is 0. The van der Waals surface area contributed by atoms with Crippen LogP contribution in [0.25, 0.3) is 0 Å². The molecule has 0 aromatic heterocycles. The van der Waals surface area contributed by atoms with Crippen LogP contribution < -0.4 is 10.1 Å². The molecule has 1 saturated heterocycles. The van der Waals surface area contributed by atoms with Crippen LogP contribution in [0.4, 0.5) is 0 Å². The number of nitrogens with zero attached hydrogens (tertiary/aromatic N) is 1. The molecule has 0 bridgehead atoms. The van der Waals surface area contributed by atoms with E-state index < -0.39 is 0 Å². The van der Waals surface area contributed by atoms with Gasteiger partial charge in [-0.2, -0.15) is 0 Å². The van der Waals surface area contributed by atoms with E-state index in [0.717, 1.165) is 23.3 Å². The number of ether oxygens (including phenoxy) is 2. The number of thioether (sulfide) groups is 1. The van der Waals surface area contributed by atoms with Gasteiger partial charge in [0, 0.05) is 43.2 Å². The van der Waals surface area contributed by atoms with Crippen LogP contribution in [0.3, 0.4) is 0 Å². The lowest BCUT2D eigenvalue weighted by Crippen LogP contribution is -2.47. The van der Waals surface area contributed by atoms with Crippen molar-refractivity contribution < 1.29 is 23.9 Å². The minimum absolute atomic E-state index is 0.0664. The molecule has 1 aromatic rings. The van der Waals surface area contributed by atoms with Crippen LogP contribution >= 0.6 is 11.8 Å². The number of fused-ring (bicyclic) bond motifs is 1. The van der Waals surface area contributed by atoms with Crippen molar-refractivity contribution in [1.82, 2.24) is 10.2 Å². The second-order valence-electron chi connectivity index (χ2n) is 6.88. The van der Waals surface area contributed by atoms with Crippen LogP contribution in [0.15, 0.2) is 18.2 Å². The highest BCUT2D eigenvalue weighted by Gasteiger charge is 2.26. The van der Waals surface area contributed by atoms with E-state index in [1.54, 1.807) is 0 Å². The van der Waals surface area contributed by atoms with Gasteiger partial charge in [0.25, 0.3) is 0 Å². The van der Waals surface area contributed by atoms with Crippen LogP contribution in [-0.4, -0.2) is 66.5 Å². The summed E-state index contributed by atoms with van der Waals surface area (Å²) >= 11 is 1.53. The van der Waals surface area contributed by atoms with Crippen molar-refractivity contribution >= 4 is 29.4 Å². The fourth-order valence-corrected chi connectivity index (χ4v) is 4.13. The lowest BCUT2D eigenvalue weighted by Gasteiger charge is -2.33. The molecule has 0 saturated carbocycles. The molecule has 1 N–H and O–H groups in total. The highest BCUT2D eigenvalue weighted by Crippen LogP contribution is 2.30. The molecule has 1 heterocycles. The van der Waals surface area contributed by atoms with Crippen LogP contribution in [0.5, 0.6) is 5.75 Å². The van der Waals surface area contributed by atoms with Crippen molar-refractivity contribution in [2.45, 2.75) is 32.3 Å². The lowest BCUT2D eigenvalue weighted by molar-refractivity contribution is -0.139. The van der Waals surface area contributed by atoms with Crippen LogP contribution in [0.2, 0.25) is 0 Å². The maximum atomic E-state index is 12.4. The molecule has 8 heteroatoms. The van der Waals surface area contributed by atoms with E-state index in [0.29, 0.717) is 50.8 Å². The zero-order valence-corrected chi connectivity index (χ0v) is 16.9. The SMILES string of the molecule is CC(=O)NCSCCC(=O)N1CCOC(COc2cccc3c2CCC3=O)C1. The highest BCUT2D eigenvalue weighted by molar-refractivity contribution is 7.99. The van der Waals surface area contributed by atoms with E-state index in [9.17, 15) is 14.4 Å². The molecule has 1 aromatic carbocycles. The largest absolute Gasteiger partial charge is 0.491 e. The van der Waals surface area contributed by atoms with Crippen molar-refractivity contribution in [2.75, 3.05) is 37.9 Å². The summed E-state index contributed by atoms with van der Waals surface area (Å²) in [6.07, 6.45) is 1.51. The standard InChI is InChI=1S/C20H26N2O5S/c1-14(23)21-13-28-10-7-20(25)22-8-9-26-15(11-22)12-27-19-4-2-3-16-17(19)5-6-18(16)24/h2-4,15H,5-13H2,1H3,(H,21,23). The van der Waals surface area contributed by atoms with Gasteiger partial charge in [0.15, 0.2) is 5.78 Å². The number of carbonyl (C=O) groups excluding carboxylic acids is 3. The number of Topliss-reactive ketones (excluding diaryl/α,β-unsaturated/α-hetero) is 1. The van der Waals surface area contributed by atoms with Crippen LogP contribution in [0, 0.1) is 0 Å². The van der Waals surface area contributed by atoms with Gasteiger partial charge in [0.05, 0.1) is 19.0 Å². The van der Waals surface area contributed by atoms with Gasteiger partial charge in [-0.3, -0.25) is 14.4 Å². The molecule has 1 unspecified atom stereocenters. The number of morpholine rings is 1. The van der Waals surface area contributed by atoms with E-state index in [1.807, 2.05) is 23.1 Å². The Bertz CT molecular complexity index is 739. The molecule has 7 nitrogen and oxygen atoms in total. The first kappa shape index (κ1) is 20.7. The Hall–Kier alpha value is -2.06. The summed E-state index contributed by atoms with van der Waals surface area (Å²) in [5, 5.41) is 2.70. The molecule has 2 amide bonds. The number of hydrogen-bond acceptors (Lipinski definition) is 6. The maximum absolute atomic E-state index is 12.4. The molecule has 1 aliphatic heterocycles. The molecule has 1 fully saturated rings. The average molecular weight is 407 g/mol. The minimum Gasteiger partial charge on any atom is -0.491 e. The Morgan fingerprint density at radius 1 is 1.36 bits per heavy atom. The predicted molar refractivity (Wildman–Crippen MR) is 107 cm³/mol. The summed E-state index contributed by atoms with van der Waals surface area (Å²) in [5.74, 6) is 2.12. The van der Waals surface area contributed by atoms with E-state index >= 15 is 0 Å². The number of nitrogens with one attached hydrogen (secondary N) is 1. The lowest BCUT2D eigenvalue weighted by atomic mass is 10.1. The number of rotatable bonds is 8. The first-order chi connectivity index (χ1) is 13.5. The molecular weight excluding hydrogens is 380 g/mol. The second kappa shape index (κ2) is 9.93. The normalized spacial score (nSPS) is 18.7. The number of carbonyl (C=O) groups is 3. The van der Waals surface area contributed by atoms with E-state index in [4.69, 9.17) is 9.47 Å². The highest BCUT2D eigenvalue weighted by atomic mass is 32.2. The second-order valence-corrected chi connectivity index (χ2v) is 7.99. The van der Waals surface area contributed by atoms with Gasteiger partial charge >= 0.3 is 0 Å². The number of amides is 2. The van der Waals surface area contributed by atoms with Crippen molar-refractivity contribution in [1.29, 1.82) is 0 Å². The molecular formula is C20H26N2O5S. The molecule has 1 aliphatic carbocycles. The third-order valence-electron chi connectivity index (χ3n) is 4.84. The summed E-state index contributed by atoms with van der Waals surface area (Å²) in [4.78, 5) is 36.9. The summed E-state index contributed by atoms with van der Waals surface area (Å²) < 4.78 is 11.7. The topological polar surface area (TPSA) is 84.9 Å². The molecule has 0 radical (unpaired) electrons. The summed E-state index contributed by atoms with van der Waals surface area (Å²) in [5.41, 5.74) is 1.74. The van der Waals surface area contributed by atoms with Crippen LogP contribution in [0.1, 0.15) is 35.7 Å². The van der Waals surface area contributed by atoms with Gasteiger partial charge in [-0.25, -0.2) is 0 Å². The van der Waals surface area contributed by atoms with Crippen molar-refractivity contribution in [3.63, 3.8) is 0 Å².